The van der Waals surface area contributed by atoms with E-state index >= 15 is 0 Å². The van der Waals surface area contributed by atoms with Crippen molar-refractivity contribution in [1.29, 1.82) is 0 Å². The number of fused-ring (bicyclic) bond motifs is 1. The van der Waals surface area contributed by atoms with Crippen molar-refractivity contribution in [3.8, 4) is 0 Å². The lowest BCUT2D eigenvalue weighted by atomic mass is 9.82. The molecule has 0 saturated carbocycles. The third-order valence-corrected chi connectivity index (χ3v) is 4.95. The fourth-order valence-corrected chi connectivity index (χ4v) is 4.17. The van der Waals surface area contributed by atoms with E-state index in [1.165, 1.54) is 56.4 Å². The minimum Gasteiger partial charge on any atom is -0.374 e. The highest BCUT2D eigenvalue weighted by Gasteiger charge is 2.34. The molecule has 2 heteroatoms. The molecule has 1 aromatic rings. The Labute approximate surface area is 123 Å². The van der Waals surface area contributed by atoms with Gasteiger partial charge in [0.05, 0.1) is 0 Å². The highest BCUT2D eigenvalue weighted by Crippen LogP contribution is 2.33. The minimum atomic E-state index is 0.354. The van der Waals surface area contributed by atoms with Crippen molar-refractivity contribution >= 4 is 5.69 Å². The van der Waals surface area contributed by atoms with Gasteiger partial charge in [-0.2, -0.15) is 0 Å². The van der Waals surface area contributed by atoms with Gasteiger partial charge in [-0.25, -0.2) is 0 Å². The van der Waals surface area contributed by atoms with Crippen LogP contribution in [0.15, 0.2) is 18.2 Å². The number of nitrogens with one attached hydrogen (secondary N) is 1. The van der Waals surface area contributed by atoms with Crippen LogP contribution in [0.4, 0.5) is 5.69 Å². The lowest BCUT2D eigenvalue weighted by Crippen LogP contribution is -2.43. The molecular weight excluding hydrogens is 244 g/mol. The number of benzene rings is 1. The van der Waals surface area contributed by atoms with Crippen molar-refractivity contribution in [2.24, 2.45) is 5.92 Å². The van der Waals surface area contributed by atoms with Crippen molar-refractivity contribution in [2.45, 2.75) is 51.5 Å². The zero-order valence-electron chi connectivity index (χ0n) is 13.2. The first kappa shape index (κ1) is 13.9. The average Bonchev–Trinajstić information content (AvgIpc) is 2.97. The predicted octanol–water partition coefficient (Wildman–Crippen LogP) is 3.39. The molecule has 3 rings (SSSR count). The fraction of sp³-hybridized carbons (Fsp3) is 0.667. The molecule has 0 radical (unpaired) electrons. The van der Waals surface area contributed by atoms with E-state index < -0.39 is 0 Å². The lowest BCUT2D eigenvalue weighted by molar-refractivity contribution is 0.301. The molecule has 1 fully saturated rings. The van der Waals surface area contributed by atoms with Crippen LogP contribution in [0.3, 0.4) is 0 Å². The molecule has 0 bridgehead atoms. The molecule has 0 amide bonds. The maximum atomic E-state index is 3.82. The Morgan fingerprint density at radius 2 is 2.20 bits per heavy atom. The first-order chi connectivity index (χ1) is 9.58. The molecule has 1 saturated heterocycles. The van der Waals surface area contributed by atoms with Crippen LogP contribution in [0.25, 0.3) is 0 Å². The normalized spacial score (nSPS) is 25.5. The van der Waals surface area contributed by atoms with Gasteiger partial charge in [0.2, 0.25) is 0 Å². The van der Waals surface area contributed by atoms with E-state index in [1.807, 2.05) is 0 Å². The molecule has 1 atom stereocenters. The molecule has 2 heterocycles. The number of hydrogen-bond acceptors (Lipinski definition) is 2. The van der Waals surface area contributed by atoms with Gasteiger partial charge in [0.1, 0.15) is 0 Å². The van der Waals surface area contributed by atoms with Crippen LogP contribution in [-0.4, -0.2) is 25.7 Å². The van der Waals surface area contributed by atoms with E-state index in [-0.39, 0.29) is 0 Å². The summed E-state index contributed by atoms with van der Waals surface area (Å²) in [5.74, 6) is 0.765. The van der Waals surface area contributed by atoms with Gasteiger partial charge >= 0.3 is 0 Å². The molecule has 110 valence electrons. The van der Waals surface area contributed by atoms with Crippen molar-refractivity contribution in [1.82, 2.24) is 5.32 Å². The number of hydrogen-bond donors (Lipinski definition) is 1. The summed E-state index contributed by atoms with van der Waals surface area (Å²) in [5.41, 5.74) is 4.86. The van der Waals surface area contributed by atoms with Gasteiger partial charge in [-0.05, 0) is 61.8 Å². The maximum absolute atomic E-state index is 3.82. The third-order valence-electron chi connectivity index (χ3n) is 4.95. The molecule has 1 N–H and O–H groups in total. The van der Waals surface area contributed by atoms with E-state index in [1.54, 1.807) is 5.56 Å². The van der Waals surface area contributed by atoms with Crippen LogP contribution >= 0.6 is 0 Å². The van der Waals surface area contributed by atoms with Crippen LogP contribution in [0.2, 0.25) is 0 Å². The lowest BCUT2D eigenvalue weighted by Gasteiger charge is -2.32. The summed E-state index contributed by atoms with van der Waals surface area (Å²) in [6.07, 6.45) is 6.37. The molecule has 0 spiro atoms. The smallest absolute Gasteiger partial charge is 0.0397 e. The Morgan fingerprint density at radius 1 is 1.35 bits per heavy atom. The zero-order valence-corrected chi connectivity index (χ0v) is 13.2. The third kappa shape index (κ3) is 2.71. The van der Waals surface area contributed by atoms with Gasteiger partial charge in [-0.1, -0.05) is 26.0 Å². The Bertz CT molecular complexity index is 472. The highest BCUT2D eigenvalue weighted by atomic mass is 15.1. The van der Waals surface area contributed by atoms with Gasteiger partial charge in [0.25, 0.3) is 0 Å². The Kier molecular flexibility index (Phi) is 3.76. The second-order valence-electron chi connectivity index (χ2n) is 7.22. The van der Waals surface area contributed by atoms with E-state index in [9.17, 15) is 0 Å². The average molecular weight is 272 g/mol. The largest absolute Gasteiger partial charge is 0.374 e. The Balaban J connectivity index is 1.79. The Hall–Kier alpha value is -1.02. The second kappa shape index (κ2) is 5.40. The van der Waals surface area contributed by atoms with Gasteiger partial charge in [0, 0.05) is 24.8 Å². The van der Waals surface area contributed by atoms with E-state index in [4.69, 9.17) is 0 Å². The fourth-order valence-electron chi connectivity index (χ4n) is 4.17. The predicted molar refractivity (Wildman–Crippen MR) is 86.5 cm³/mol. The molecule has 1 aromatic carbocycles. The van der Waals surface area contributed by atoms with E-state index in [0.717, 1.165) is 5.92 Å². The molecule has 2 aliphatic rings. The first-order valence-electron chi connectivity index (χ1n) is 8.16. The van der Waals surface area contributed by atoms with Crippen molar-refractivity contribution in [2.75, 3.05) is 25.0 Å². The van der Waals surface area contributed by atoms with E-state index in [2.05, 4.69) is 49.3 Å². The minimum absolute atomic E-state index is 0.354. The number of rotatable bonds is 4. The molecule has 0 aromatic heterocycles. The summed E-state index contributed by atoms with van der Waals surface area (Å²) in [7, 11) is 2.20. The highest BCUT2D eigenvalue weighted by molar-refractivity contribution is 5.58. The quantitative estimate of drug-likeness (QED) is 0.904. The molecule has 2 nitrogen and oxygen atoms in total. The Morgan fingerprint density at radius 3 is 2.90 bits per heavy atom. The topological polar surface area (TPSA) is 15.3 Å². The standard InChI is InChI=1S/C18H28N2/c1-14(2)12-18(8-4-9-19-18)13-15-5-6-17-16(11-15)7-10-20(17)3/h5-6,11,14,19H,4,7-10,12-13H2,1-3H3. The summed E-state index contributed by atoms with van der Waals surface area (Å²) in [6.45, 7) is 7.06. The zero-order chi connectivity index (χ0) is 14.2. The van der Waals surface area contributed by atoms with Crippen LogP contribution in [0.1, 0.15) is 44.2 Å². The summed E-state index contributed by atoms with van der Waals surface area (Å²) >= 11 is 0. The van der Waals surface area contributed by atoms with Gasteiger partial charge in [-0.15, -0.1) is 0 Å². The summed E-state index contributed by atoms with van der Waals surface area (Å²) < 4.78 is 0. The summed E-state index contributed by atoms with van der Waals surface area (Å²) in [5, 5.41) is 3.82. The van der Waals surface area contributed by atoms with Crippen molar-refractivity contribution in [3.05, 3.63) is 29.3 Å². The van der Waals surface area contributed by atoms with Gasteiger partial charge in [-0.3, -0.25) is 0 Å². The van der Waals surface area contributed by atoms with Crippen LogP contribution in [0.5, 0.6) is 0 Å². The van der Waals surface area contributed by atoms with Crippen LogP contribution in [0, 0.1) is 5.92 Å². The van der Waals surface area contributed by atoms with Crippen LogP contribution in [-0.2, 0) is 12.8 Å². The molecule has 1 unspecified atom stereocenters. The maximum Gasteiger partial charge on any atom is 0.0397 e. The van der Waals surface area contributed by atoms with E-state index in [0.29, 0.717) is 5.54 Å². The summed E-state index contributed by atoms with van der Waals surface area (Å²) in [6, 6.07) is 7.14. The summed E-state index contributed by atoms with van der Waals surface area (Å²) in [4.78, 5) is 2.37. The monoisotopic (exact) mass is 272 g/mol. The first-order valence-corrected chi connectivity index (χ1v) is 8.16. The second-order valence-corrected chi connectivity index (χ2v) is 7.22. The van der Waals surface area contributed by atoms with Crippen molar-refractivity contribution < 1.29 is 0 Å². The van der Waals surface area contributed by atoms with Crippen LogP contribution < -0.4 is 10.2 Å². The SMILES string of the molecule is CC(C)CC1(Cc2ccc3c(c2)CCN3C)CCCN1. The van der Waals surface area contributed by atoms with Crippen molar-refractivity contribution in [3.63, 3.8) is 0 Å². The number of nitrogens with zero attached hydrogens (tertiary/aromatic N) is 1. The number of anilines is 1. The molecule has 2 aliphatic heterocycles. The number of likely N-dealkylation sites (N-methyl/N-ethyl adjacent to an activating group) is 1. The molecule has 0 aliphatic carbocycles. The van der Waals surface area contributed by atoms with Gasteiger partial charge < -0.3 is 10.2 Å². The molecular formula is C18H28N2. The molecule has 20 heavy (non-hydrogen) atoms. The van der Waals surface area contributed by atoms with Gasteiger partial charge in [0.15, 0.2) is 0 Å².